The smallest absolute Gasteiger partial charge is 0.309 e. The van der Waals surface area contributed by atoms with Crippen LogP contribution in [0.25, 0.3) is 0 Å². The average molecular weight is 482 g/mol. The maximum Gasteiger partial charge on any atom is 0.309 e. The fraction of sp³-hybridized carbons (Fsp3) is 0.333. The minimum atomic E-state index is -3.87. The lowest BCUT2D eigenvalue weighted by Gasteiger charge is -2.34. The Bertz CT molecular complexity index is 1060. The van der Waals surface area contributed by atoms with Crippen molar-refractivity contribution >= 4 is 33.4 Å². The third-order valence-corrected chi connectivity index (χ3v) is 7.00. The molecule has 172 valence electrons. The van der Waals surface area contributed by atoms with Crippen LogP contribution in [0.4, 0.5) is 0 Å². The second-order valence-electron chi connectivity index (χ2n) is 6.95. The van der Waals surface area contributed by atoms with E-state index in [1.165, 1.54) is 35.7 Å². The molecule has 1 fully saturated rings. The molecule has 1 atom stereocenters. The SMILES string of the molecule is COc1ccccc1CNC(=O)C(=O)NC[C@H]1OCCCN1S(=O)(=O)c1ccc(Cl)cc1. The maximum atomic E-state index is 13.0. The molecular formula is C21H24ClN3O6S. The van der Waals surface area contributed by atoms with Crippen LogP contribution in [0.3, 0.4) is 0 Å². The van der Waals surface area contributed by atoms with E-state index in [0.29, 0.717) is 29.4 Å². The summed E-state index contributed by atoms with van der Waals surface area (Å²) in [5.41, 5.74) is 0.715. The van der Waals surface area contributed by atoms with Crippen molar-refractivity contribution in [2.75, 3.05) is 26.8 Å². The number of sulfonamides is 1. The van der Waals surface area contributed by atoms with E-state index < -0.39 is 28.1 Å². The van der Waals surface area contributed by atoms with E-state index in [9.17, 15) is 18.0 Å². The van der Waals surface area contributed by atoms with E-state index in [4.69, 9.17) is 21.1 Å². The van der Waals surface area contributed by atoms with Gasteiger partial charge in [-0.15, -0.1) is 0 Å². The number of para-hydroxylation sites is 1. The molecule has 2 amide bonds. The Morgan fingerprint density at radius 3 is 2.53 bits per heavy atom. The third kappa shape index (κ3) is 5.77. The first-order valence-corrected chi connectivity index (χ1v) is 11.7. The van der Waals surface area contributed by atoms with Gasteiger partial charge in [-0.25, -0.2) is 8.42 Å². The van der Waals surface area contributed by atoms with Gasteiger partial charge in [0.05, 0.1) is 25.2 Å². The Kier molecular flexibility index (Phi) is 8.08. The van der Waals surface area contributed by atoms with Crippen molar-refractivity contribution in [3.63, 3.8) is 0 Å². The number of halogens is 1. The topological polar surface area (TPSA) is 114 Å². The molecule has 2 N–H and O–H groups in total. The van der Waals surface area contributed by atoms with E-state index in [0.717, 1.165) is 0 Å². The number of carbonyl (C=O) groups excluding carboxylic acids is 2. The van der Waals surface area contributed by atoms with Crippen LogP contribution in [-0.2, 0) is 30.9 Å². The lowest BCUT2D eigenvalue weighted by Crippen LogP contribution is -2.53. The number of ether oxygens (including phenoxy) is 2. The van der Waals surface area contributed by atoms with Crippen molar-refractivity contribution in [3.8, 4) is 5.75 Å². The highest BCUT2D eigenvalue weighted by atomic mass is 35.5. The first-order chi connectivity index (χ1) is 15.3. The van der Waals surface area contributed by atoms with E-state index in [1.807, 2.05) is 0 Å². The molecule has 2 aromatic carbocycles. The van der Waals surface area contributed by atoms with E-state index in [2.05, 4.69) is 10.6 Å². The first kappa shape index (κ1) is 24.0. The summed E-state index contributed by atoms with van der Waals surface area (Å²) in [4.78, 5) is 24.5. The van der Waals surface area contributed by atoms with Gasteiger partial charge in [0, 0.05) is 23.7 Å². The molecule has 1 saturated heterocycles. The van der Waals surface area contributed by atoms with Crippen LogP contribution in [0, 0.1) is 0 Å². The predicted molar refractivity (Wildman–Crippen MR) is 118 cm³/mol. The van der Waals surface area contributed by atoms with Crippen molar-refractivity contribution in [2.45, 2.75) is 24.1 Å². The van der Waals surface area contributed by atoms with Crippen molar-refractivity contribution in [2.24, 2.45) is 0 Å². The molecule has 0 radical (unpaired) electrons. The molecule has 0 saturated carbocycles. The largest absolute Gasteiger partial charge is 0.496 e. The summed E-state index contributed by atoms with van der Waals surface area (Å²) in [6.45, 7) is 0.500. The highest BCUT2D eigenvalue weighted by Gasteiger charge is 2.34. The number of amides is 2. The van der Waals surface area contributed by atoms with E-state index >= 15 is 0 Å². The monoisotopic (exact) mass is 481 g/mol. The molecular weight excluding hydrogens is 458 g/mol. The standard InChI is InChI=1S/C21H24ClN3O6S/c1-30-18-6-3-2-5-15(18)13-23-20(26)21(27)24-14-19-25(11-4-12-31-19)32(28,29)17-9-7-16(22)8-10-17/h2-3,5-10,19H,4,11-14H2,1H3,(H,23,26)(H,24,27)/t19-/m1/s1. The van der Waals surface area contributed by atoms with Crippen LogP contribution in [0.2, 0.25) is 5.02 Å². The van der Waals surface area contributed by atoms with Gasteiger partial charge in [-0.05, 0) is 36.8 Å². The normalized spacial score (nSPS) is 16.9. The van der Waals surface area contributed by atoms with Crippen LogP contribution < -0.4 is 15.4 Å². The zero-order chi connectivity index (χ0) is 23.1. The Labute approximate surface area is 191 Å². The van der Waals surface area contributed by atoms with Gasteiger partial charge in [0.25, 0.3) is 0 Å². The fourth-order valence-corrected chi connectivity index (χ4v) is 4.90. The Balaban J connectivity index is 1.59. The number of methoxy groups -OCH3 is 1. The van der Waals surface area contributed by atoms with E-state index in [1.54, 1.807) is 24.3 Å². The van der Waals surface area contributed by atoms with Crippen molar-refractivity contribution in [1.82, 2.24) is 14.9 Å². The van der Waals surface area contributed by atoms with Gasteiger partial charge in [0.2, 0.25) is 10.0 Å². The van der Waals surface area contributed by atoms with E-state index in [-0.39, 0.29) is 24.5 Å². The molecule has 0 bridgehead atoms. The van der Waals surface area contributed by atoms with Crippen molar-refractivity contribution < 1.29 is 27.5 Å². The number of hydrogen-bond donors (Lipinski definition) is 2. The number of nitrogens with zero attached hydrogens (tertiary/aromatic N) is 1. The minimum Gasteiger partial charge on any atom is -0.496 e. The summed E-state index contributed by atoms with van der Waals surface area (Å²) in [6.07, 6.45) is -0.424. The molecule has 0 aromatic heterocycles. The molecule has 0 unspecified atom stereocenters. The van der Waals surface area contributed by atoms with Crippen LogP contribution in [-0.4, -0.2) is 57.6 Å². The number of carbonyl (C=O) groups is 2. The lowest BCUT2D eigenvalue weighted by molar-refractivity contribution is -0.140. The number of nitrogens with one attached hydrogen (secondary N) is 2. The minimum absolute atomic E-state index is 0.0678. The zero-order valence-electron chi connectivity index (χ0n) is 17.4. The van der Waals surface area contributed by atoms with Gasteiger partial charge in [-0.2, -0.15) is 4.31 Å². The van der Waals surface area contributed by atoms with Crippen molar-refractivity contribution in [1.29, 1.82) is 0 Å². The Morgan fingerprint density at radius 1 is 1.12 bits per heavy atom. The second kappa shape index (κ2) is 10.8. The maximum absolute atomic E-state index is 13.0. The summed E-state index contributed by atoms with van der Waals surface area (Å²) in [6, 6.07) is 12.9. The highest BCUT2D eigenvalue weighted by Crippen LogP contribution is 2.23. The van der Waals surface area contributed by atoms with Gasteiger partial charge < -0.3 is 20.1 Å². The van der Waals surface area contributed by atoms with Crippen LogP contribution >= 0.6 is 11.6 Å². The fourth-order valence-electron chi connectivity index (χ4n) is 3.21. The summed E-state index contributed by atoms with van der Waals surface area (Å²) in [7, 11) is -2.35. The zero-order valence-corrected chi connectivity index (χ0v) is 19.0. The number of rotatable bonds is 7. The quantitative estimate of drug-likeness (QED) is 0.579. The first-order valence-electron chi connectivity index (χ1n) is 9.90. The van der Waals surface area contributed by atoms with Gasteiger partial charge in [0.15, 0.2) is 0 Å². The summed E-state index contributed by atoms with van der Waals surface area (Å²) in [5.74, 6) is -1.15. The van der Waals surface area contributed by atoms with Gasteiger partial charge in [-0.3, -0.25) is 9.59 Å². The van der Waals surface area contributed by atoms with Crippen LogP contribution in [0.1, 0.15) is 12.0 Å². The summed E-state index contributed by atoms with van der Waals surface area (Å²) in [5, 5.41) is 5.38. The molecule has 3 rings (SSSR count). The highest BCUT2D eigenvalue weighted by molar-refractivity contribution is 7.89. The Morgan fingerprint density at radius 2 is 1.81 bits per heavy atom. The van der Waals surface area contributed by atoms with Crippen molar-refractivity contribution in [3.05, 3.63) is 59.1 Å². The van der Waals surface area contributed by atoms with Gasteiger partial charge in [-0.1, -0.05) is 29.8 Å². The molecule has 9 nitrogen and oxygen atoms in total. The molecule has 0 aliphatic carbocycles. The molecule has 1 aliphatic heterocycles. The number of hydrogen-bond acceptors (Lipinski definition) is 6. The van der Waals surface area contributed by atoms with Gasteiger partial charge >= 0.3 is 11.8 Å². The summed E-state index contributed by atoms with van der Waals surface area (Å²) >= 11 is 5.85. The molecule has 1 heterocycles. The molecule has 11 heteroatoms. The third-order valence-electron chi connectivity index (χ3n) is 4.85. The summed E-state index contributed by atoms with van der Waals surface area (Å²) < 4.78 is 38.0. The molecule has 32 heavy (non-hydrogen) atoms. The molecule has 1 aliphatic rings. The Hall–Kier alpha value is -2.66. The average Bonchev–Trinajstić information content (AvgIpc) is 2.81. The predicted octanol–water partition coefficient (Wildman–Crippen LogP) is 1.52. The van der Waals surface area contributed by atoms with Crippen LogP contribution in [0.5, 0.6) is 5.75 Å². The van der Waals surface area contributed by atoms with Crippen LogP contribution in [0.15, 0.2) is 53.4 Å². The molecule has 2 aromatic rings. The number of benzene rings is 2. The van der Waals surface area contributed by atoms with Gasteiger partial charge in [0.1, 0.15) is 12.0 Å². The second-order valence-corrected chi connectivity index (χ2v) is 9.28. The molecule has 0 spiro atoms. The lowest BCUT2D eigenvalue weighted by atomic mass is 10.2.